The van der Waals surface area contributed by atoms with Gasteiger partial charge in [0.1, 0.15) is 0 Å². The molecule has 0 saturated heterocycles. The van der Waals surface area contributed by atoms with Gasteiger partial charge in [-0.2, -0.15) is 0 Å². The predicted molar refractivity (Wildman–Crippen MR) is 77.6 cm³/mol. The second kappa shape index (κ2) is 5.52. The zero-order valence-corrected chi connectivity index (χ0v) is 11.8. The SMILES string of the molecule is C=CCN(C[C@H]1CC1C1CC=CCC1)C(=O)C1CC1. The lowest BCUT2D eigenvalue weighted by Crippen LogP contribution is -2.34. The molecule has 0 aromatic carbocycles. The molecule has 0 spiro atoms. The molecule has 0 aromatic heterocycles. The van der Waals surface area contributed by atoms with E-state index < -0.39 is 0 Å². The van der Waals surface area contributed by atoms with Crippen molar-refractivity contribution in [2.24, 2.45) is 23.7 Å². The fraction of sp³-hybridized carbons (Fsp3) is 0.706. The highest BCUT2D eigenvalue weighted by Gasteiger charge is 2.44. The Balaban J connectivity index is 1.50. The van der Waals surface area contributed by atoms with Crippen LogP contribution < -0.4 is 0 Å². The second-order valence-corrected chi connectivity index (χ2v) is 6.51. The summed E-state index contributed by atoms with van der Waals surface area (Å²) in [5.41, 5.74) is 0. The van der Waals surface area contributed by atoms with E-state index in [1.807, 2.05) is 6.08 Å². The van der Waals surface area contributed by atoms with Crippen molar-refractivity contribution in [3.8, 4) is 0 Å². The Morgan fingerprint density at radius 1 is 1.32 bits per heavy atom. The maximum atomic E-state index is 12.2. The van der Waals surface area contributed by atoms with Crippen molar-refractivity contribution in [2.75, 3.05) is 13.1 Å². The molecule has 19 heavy (non-hydrogen) atoms. The van der Waals surface area contributed by atoms with E-state index in [1.165, 1.54) is 25.7 Å². The third kappa shape index (κ3) is 3.10. The molecule has 2 unspecified atom stereocenters. The van der Waals surface area contributed by atoms with Gasteiger partial charge in [-0.05, 0) is 56.3 Å². The lowest BCUT2D eigenvalue weighted by molar-refractivity contribution is -0.132. The minimum Gasteiger partial charge on any atom is -0.338 e. The van der Waals surface area contributed by atoms with E-state index in [2.05, 4.69) is 23.6 Å². The normalized spacial score (nSPS) is 32.9. The summed E-state index contributed by atoms with van der Waals surface area (Å²) in [5, 5.41) is 0. The van der Waals surface area contributed by atoms with E-state index in [9.17, 15) is 4.79 Å². The highest BCUT2D eigenvalue weighted by Crippen LogP contribution is 2.49. The fourth-order valence-corrected chi connectivity index (χ4v) is 3.55. The maximum Gasteiger partial charge on any atom is 0.225 e. The second-order valence-electron chi connectivity index (χ2n) is 6.51. The van der Waals surface area contributed by atoms with Gasteiger partial charge in [-0.3, -0.25) is 4.79 Å². The molecule has 0 aliphatic heterocycles. The van der Waals surface area contributed by atoms with Gasteiger partial charge in [-0.1, -0.05) is 18.2 Å². The predicted octanol–water partition coefficient (Wildman–Crippen LogP) is 3.40. The number of hydrogen-bond acceptors (Lipinski definition) is 1. The first-order valence-electron chi connectivity index (χ1n) is 7.84. The molecule has 2 saturated carbocycles. The topological polar surface area (TPSA) is 20.3 Å². The van der Waals surface area contributed by atoms with Crippen molar-refractivity contribution in [2.45, 2.75) is 38.5 Å². The number of carbonyl (C=O) groups excluding carboxylic acids is 1. The molecule has 0 N–H and O–H groups in total. The van der Waals surface area contributed by atoms with Crippen molar-refractivity contribution in [3.05, 3.63) is 24.8 Å². The van der Waals surface area contributed by atoms with Crippen LogP contribution in [0.5, 0.6) is 0 Å². The zero-order valence-electron chi connectivity index (χ0n) is 11.8. The van der Waals surface area contributed by atoms with Crippen LogP contribution >= 0.6 is 0 Å². The number of allylic oxidation sites excluding steroid dienone is 2. The molecule has 0 aromatic rings. The standard InChI is InChI=1S/C17H25NO/c1-2-10-18(17(19)14-8-9-14)12-15-11-16(15)13-6-4-3-5-7-13/h2-4,13-16H,1,5-12H2/t13?,15-,16?/m1/s1. The molecule has 2 heteroatoms. The third-order valence-electron chi connectivity index (χ3n) is 4.94. The van der Waals surface area contributed by atoms with Gasteiger partial charge in [0.15, 0.2) is 0 Å². The van der Waals surface area contributed by atoms with Crippen LogP contribution in [-0.4, -0.2) is 23.9 Å². The van der Waals surface area contributed by atoms with E-state index >= 15 is 0 Å². The molecule has 3 aliphatic rings. The number of amides is 1. The Bertz CT molecular complexity index is 383. The summed E-state index contributed by atoms with van der Waals surface area (Å²) in [5.74, 6) is 3.25. The molecule has 0 bridgehead atoms. The molecule has 3 atom stereocenters. The van der Waals surface area contributed by atoms with Gasteiger partial charge < -0.3 is 4.90 Å². The average molecular weight is 259 g/mol. The van der Waals surface area contributed by atoms with Crippen molar-refractivity contribution in [3.63, 3.8) is 0 Å². The molecule has 1 amide bonds. The first-order valence-corrected chi connectivity index (χ1v) is 7.84. The van der Waals surface area contributed by atoms with Crippen LogP contribution in [0.1, 0.15) is 38.5 Å². The van der Waals surface area contributed by atoms with E-state index in [1.54, 1.807) is 0 Å². The van der Waals surface area contributed by atoms with Gasteiger partial charge in [-0.25, -0.2) is 0 Å². The highest BCUT2D eigenvalue weighted by atomic mass is 16.2. The molecule has 0 radical (unpaired) electrons. The number of nitrogens with zero attached hydrogens (tertiary/aromatic N) is 1. The van der Waals surface area contributed by atoms with Crippen LogP contribution in [0.15, 0.2) is 24.8 Å². The molecule has 3 rings (SSSR count). The molecule has 0 heterocycles. The van der Waals surface area contributed by atoms with E-state index in [-0.39, 0.29) is 0 Å². The van der Waals surface area contributed by atoms with Gasteiger partial charge in [0, 0.05) is 19.0 Å². The molecule has 2 fully saturated rings. The van der Waals surface area contributed by atoms with Crippen molar-refractivity contribution in [1.82, 2.24) is 4.90 Å². The largest absolute Gasteiger partial charge is 0.338 e. The number of rotatable bonds is 6. The first kappa shape index (κ1) is 13.0. The number of hydrogen-bond donors (Lipinski definition) is 0. The Hall–Kier alpha value is -1.05. The minimum atomic E-state index is 0.342. The summed E-state index contributed by atoms with van der Waals surface area (Å²) in [7, 11) is 0. The molecular formula is C17H25NO. The lowest BCUT2D eigenvalue weighted by Gasteiger charge is -2.23. The Kier molecular flexibility index (Phi) is 3.76. The minimum absolute atomic E-state index is 0.342. The van der Waals surface area contributed by atoms with Crippen molar-refractivity contribution >= 4 is 5.91 Å². The first-order chi connectivity index (χ1) is 9.29. The zero-order chi connectivity index (χ0) is 13.2. The van der Waals surface area contributed by atoms with Gasteiger partial charge in [0.2, 0.25) is 5.91 Å². The monoisotopic (exact) mass is 259 g/mol. The van der Waals surface area contributed by atoms with Crippen molar-refractivity contribution < 1.29 is 4.79 Å². The Morgan fingerprint density at radius 3 is 2.79 bits per heavy atom. The van der Waals surface area contributed by atoms with Crippen LogP contribution in [0, 0.1) is 23.7 Å². The van der Waals surface area contributed by atoms with E-state index in [0.29, 0.717) is 11.8 Å². The smallest absolute Gasteiger partial charge is 0.225 e. The van der Waals surface area contributed by atoms with Gasteiger partial charge in [-0.15, -0.1) is 6.58 Å². The summed E-state index contributed by atoms with van der Waals surface area (Å²) in [4.78, 5) is 14.3. The lowest BCUT2D eigenvalue weighted by atomic mass is 9.89. The fourth-order valence-electron chi connectivity index (χ4n) is 3.55. The summed E-state index contributed by atoms with van der Waals surface area (Å²) >= 11 is 0. The van der Waals surface area contributed by atoms with Crippen molar-refractivity contribution in [1.29, 1.82) is 0 Å². The summed E-state index contributed by atoms with van der Waals surface area (Å²) < 4.78 is 0. The van der Waals surface area contributed by atoms with Gasteiger partial charge in [0.05, 0.1) is 0 Å². The summed E-state index contributed by atoms with van der Waals surface area (Å²) in [6.07, 6.45) is 14.0. The maximum absolute atomic E-state index is 12.2. The molecule has 2 nitrogen and oxygen atoms in total. The van der Waals surface area contributed by atoms with E-state index in [4.69, 9.17) is 0 Å². The Morgan fingerprint density at radius 2 is 2.16 bits per heavy atom. The van der Waals surface area contributed by atoms with Gasteiger partial charge in [0.25, 0.3) is 0 Å². The average Bonchev–Trinajstić information content (AvgIpc) is 3.32. The molecule has 104 valence electrons. The van der Waals surface area contributed by atoms with Crippen LogP contribution in [0.4, 0.5) is 0 Å². The highest BCUT2D eigenvalue weighted by molar-refractivity contribution is 5.81. The molecule has 3 aliphatic carbocycles. The van der Waals surface area contributed by atoms with Crippen LogP contribution in [0.25, 0.3) is 0 Å². The van der Waals surface area contributed by atoms with Crippen LogP contribution in [0.3, 0.4) is 0 Å². The summed E-state index contributed by atoms with van der Waals surface area (Å²) in [6, 6.07) is 0. The summed E-state index contributed by atoms with van der Waals surface area (Å²) in [6.45, 7) is 5.51. The van der Waals surface area contributed by atoms with Crippen LogP contribution in [0.2, 0.25) is 0 Å². The Labute approximate surface area is 116 Å². The van der Waals surface area contributed by atoms with Gasteiger partial charge >= 0.3 is 0 Å². The number of carbonyl (C=O) groups is 1. The van der Waals surface area contributed by atoms with E-state index in [0.717, 1.165) is 43.7 Å². The van der Waals surface area contributed by atoms with Crippen LogP contribution in [-0.2, 0) is 4.79 Å². The third-order valence-corrected chi connectivity index (χ3v) is 4.94. The molecular weight excluding hydrogens is 234 g/mol. The quantitative estimate of drug-likeness (QED) is 0.669.